The third-order valence-electron chi connectivity index (χ3n) is 10.9. The Morgan fingerprint density at radius 3 is 1.41 bits per heavy atom. The summed E-state index contributed by atoms with van der Waals surface area (Å²) in [6.07, 6.45) is -11.7. The van der Waals surface area contributed by atoms with Crippen molar-refractivity contribution in [2.24, 2.45) is 0 Å². The second kappa shape index (κ2) is 29.4. The van der Waals surface area contributed by atoms with E-state index in [1.807, 2.05) is 121 Å². The van der Waals surface area contributed by atoms with Crippen LogP contribution in [0, 0.1) is 0 Å². The molecule has 0 saturated carbocycles. The third-order valence-corrected chi connectivity index (χ3v) is 11.0. The lowest BCUT2D eigenvalue weighted by atomic mass is 9.95. The lowest BCUT2D eigenvalue weighted by Crippen LogP contribution is -2.67. The zero-order valence-electron chi connectivity index (χ0n) is 39.2. The Hall–Kier alpha value is -4.82. The molecule has 0 aromatic heterocycles. The molecule has 4 aromatic rings. The van der Waals surface area contributed by atoms with Crippen LogP contribution in [-0.2, 0) is 102 Å². The van der Waals surface area contributed by atoms with E-state index in [-0.39, 0.29) is 59.5 Å². The molecule has 10 atom stereocenters. The highest BCUT2D eigenvalue weighted by Crippen LogP contribution is 2.36. The van der Waals surface area contributed by atoms with Crippen LogP contribution in [0.1, 0.15) is 43.0 Å². The molecular weight excluding hydrogens is 916 g/mol. The molecule has 2 saturated heterocycles. The number of esters is 3. The van der Waals surface area contributed by atoms with Crippen LogP contribution >= 0.6 is 11.6 Å². The molecule has 16 nitrogen and oxygen atoms in total. The molecule has 0 amide bonds. The van der Waals surface area contributed by atoms with E-state index >= 15 is 0 Å². The van der Waals surface area contributed by atoms with E-state index < -0.39 is 79.3 Å². The normalized spacial score (nSPS) is 24.6. The predicted octanol–water partition coefficient (Wildman–Crippen LogP) is 6.51. The Kier molecular flexibility index (Phi) is 22.8. The highest BCUT2D eigenvalue weighted by molar-refractivity contribution is 6.17. The number of rotatable bonds is 28. The maximum atomic E-state index is 13.0. The smallest absolute Gasteiger partial charge is 0.303 e. The summed E-state index contributed by atoms with van der Waals surface area (Å²) in [6, 6.07) is 38.6. The van der Waals surface area contributed by atoms with Crippen LogP contribution in [0.2, 0.25) is 0 Å². The van der Waals surface area contributed by atoms with Gasteiger partial charge in [0.05, 0.1) is 66.1 Å². The number of hydrogen-bond donors (Lipinski definition) is 0. The molecule has 2 aliphatic rings. The first-order valence-corrected chi connectivity index (χ1v) is 23.6. The summed E-state index contributed by atoms with van der Waals surface area (Å²) in [5, 5.41) is 0. The molecule has 0 N–H and O–H groups in total. The SMILES string of the molecule is CC(=O)OC[C@H]1O[C@H](OCCOCCOCCCl)[C@H](OC(C)=O)[C@@H](O[C@@H]2O[C@H](COCc3ccccc3)[C@H](OCc3ccccc3)[C@H](OCc3ccccc3)[C@H]2OCc2ccccc2)[C@H]1OC(C)=O. The first-order valence-electron chi connectivity index (χ1n) is 23.0. The van der Waals surface area contributed by atoms with E-state index in [0.717, 1.165) is 22.3 Å². The first-order chi connectivity index (χ1) is 33.7. The van der Waals surface area contributed by atoms with Gasteiger partial charge in [-0.05, 0) is 22.3 Å². The third kappa shape index (κ3) is 17.8. The first kappa shape index (κ1) is 53.5. The minimum absolute atomic E-state index is 0.0110. The zero-order chi connectivity index (χ0) is 48.6. The van der Waals surface area contributed by atoms with Crippen molar-refractivity contribution in [3.8, 4) is 0 Å². The van der Waals surface area contributed by atoms with E-state index in [9.17, 15) is 14.4 Å². The van der Waals surface area contributed by atoms with Gasteiger partial charge < -0.3 is 61.6 Å². The van der Waals surface area contributed by atoms with Crippen molar-refractivity contribution in [1.29, 1.82) is 0 Å². The summed E-state index contributed by atoms with van der Waals surface area (Å²) in [6.45, 7) is 4.98. The maximum Gasteiger partial charge on any atom is 0.303 e. The molecule has 2 fully saturated rings. The van der Waals surface area contributed by atoms with Crippen LogP contribution < -0.4 is 0 Å². The van der Waals surface area contributed by atoms with Crippen LogP contribution in [0.5, 0.6) is 0 Å². The molecule has 0 unspecified atom stereocenters. The lowest BCUT2D eigenvalue weighted by Gasteiger charge is -2.49. The van der Waals surface area contributed by atoms with Gasteiger partial charge in [-0.25, -0.2) is 0 Å². The largest absolute Gasteiger partial charge is 0.463 e. The monoisotopic (exact) mass is 978 g/mol. The number of alkyl halides is 1. The Balaban J connectivity index is 1.40. The second-order valence-corrected chi connectivity index (χ2v) is 16.6. The van der Waals surface area contributed by atoms with E-state index in [1.54, 1.807) is 0 Å². The van der Waals surface area contributed by atoms with Crippen molar-refractivity contribution < 1.29 is 76.0 Å². The summed E-state index contributed by atoms with van der Waals surface area (Å²) < 4.78 is 81.9. The minimum Gasteiger partial charge on any atom is -0.463 e. The molecule has 2 aliphatic heterocycles. The predicted molar refractivity (Wildman–Crippen MR) is 249 cm³/mol. The maximum absolute atomic E-state index is 13.0. The molecule has 0 spiro atoms. The lowest BCUT2D eigenvalue weighted by molar-refractivity contribution is -0.372. The quantitative estimate of drug-likeness (QED) is 0.0261. The van der Waals surface area contributed by atoms with Crippen molar-refractivity contribution in [2.75, 3.05) is 52.1 Å². The molecule has 6 rings (SSSR count). The van der Waals surface area contributed by atoms with Crippen LogP contribution in [0.4, 0.5) is 0 Å². The molecule has 17 heteroatoms. The van der Waals surface area contributed by atoms with Gasteiger partial charge in [-0.3, -0.25) is 14.4 Å². The van der Waals surface area contributed by atoms with Crippen molar-refractivity contribution in [2.45, 2.75) is 109 Å². The molecule has 2 heterocycles. The molecule has 0 radical (unpaired) electrons. The van der Waals surface area contributed by atoms with Crippen molar-refractivity contribution in [1.82, 2.24) is 0 Å². The molecule has 374 valence electrons. The fourth-order valence-electron chi connectivity index (χ4n) is 7.76. The van der Waals surface area contributed by atoms with Gasteiger partial charge in [0.2, 0.25) is 0 Å². The van der Waals surface area contributed by atoms with Crippen molar-refractivity contribution in [3.63, 3.8) is 0 Å². The summed E-state index contributed by atoms with van der Waals surface area (Å²) in [5.74, 6) is -1.71. The highest BCUT2D eigenvalue weighted by atomic mass is 35.5. The fourth-order valence-corrected chi connectivity index (χ4v) is 7.87. The van der Waals surface area contributed by atoms with Gasteiger partial charge in [0.15, 0.2) is 24.8 Å². The van der Waals surface area contributed by atoms with Gasteiger partial charge in [-0.15, -0.1) is 11.6 Å². The van der Waals surface area contributed by atoms with Gasteiger partial charge in [0.1, 0.15) is 43.2 Å². The summed E-state index contributed by atoms with van der Waals surface area (Å²) in [4.78, 5) is 38.2. The van der Waals surface area contributed by atoms with E-state index in [1.165, 1.54) is 20.8 Å². The van der Waals surface area contributed by atoms with E-state index in [0.29, 0.717) is 19.1 Å². The fraction of sp³-hybridized carbons (Fsp3) is 0.481. The molecular formula is C52H63ClO16. The van der Waals surface area contributed by atoms with Gasteiger partial charge in [-0.2, -0.15) is 0 Å². The second-order valence-electron chi connectivity index (χ2n) is 16.2. The van der Waals surface area contributed by atoms with Crippen molar-refractivity contribution in [3.05, 3.63) is 144 Å². The molecule has 0 bridgehead atoms. The van der Waals surface area contributed by atoms with Gasteiger partial charge in [-0.1, -0.05) is 121 Å². The molecule has 4 aromatic carbocycles. The average molecular weight is 980 g/mol. The average Bonchev–Trinajstić information content (AvgIpc) is 3.35. The summed E-state index contributed by atoms with van der Waals surface area (Å²) >= 11 is 5.71. The van der Waals surface area contributed by atoms with Crippen LogP contribution in [0.15, 0.2) is 121 Å². The number of carbonyl (C=O) groups excluding carboxylic acids is 3. The number of hydrogen-bond acceptors (Lipinski definition) is 16. The van der Waals surface area contributed by atoms with Gasteiger partial charge in [0.25, 0.3) is 0 Å². The Labute approximate surface area is 408 Å². The van der Waals surface area contributed by atoms with Crippen LogP contribution in [-0.4, -0.2) is 131 Å². The summed E-state index contributed by atoms with van der Waals surface area (Å²) in [7, 11) is 0. The number of carbonyl (C=O) groups is 3. The van der Waals surface area contributed by atoms with Crippen molar-refractivity contribution >= 4 is 29.5 Å². The standard InChI is InChI=1S/C52H63ClO16/c1-36(54)61-35-44-46(65-37(2)55)48(50(66-38(3)56)51(67-44)60-29-28-58-27-26-57-25-24-53)69-52-49(64-33-42-22-14-7-15-23-42)47(63-32-41-20-12-6-13-21-41)45(62-31-40-18-10-5-11-19-40)43(68-52)34-59-30-39-16-8-4-9-17-39/h4-23,43-52H,24-35H2,1-3H3/t43-,44-,45+,46+,47+,48+,49-,50-,51+,52+/m1/s1. The van der Waals surface area contributed by atoms with E-state index in [2.05, 4.69) is 0 Å². The Morgan fingerprint density at radius 2 is 0.884 bits per heavy atom. The number of benzene rings is 4. The van der Waals surface area contributed by atoms with Crippen LogP contribution in [0.3, 0.4) is 0 Å². The zero-order valence-corrected chi connectivity index (χ0v) is 40.0. The van der Waals surface area contributed by atoms with Gasteiger partial charge >= 0.3 is 17.9 Å². The highest BCUT2D eigenvalue weighted by Gasteiger charge is 2.56. The molecule has 0 aliphatic carbocycles. The van der Waals surface area contributed by atoms with E-state index in [4.69, 9.17) is 73.2 Å². The topological polar surface area (TPSA) is 171 Å². The Bertz CT molecular complexity index is 2070. The Morgan fingerprint density at radius 1 is 0.435 bits per heavy atom. The number of ether oxygens (including phenoxy) is 13. The van der Waals surface area contributed by atoms with Crippen LogP contribution in [0.25, 0.3) is 0 Å². The van der Waals surface area contributed by atoms with Gasteiger partial charge in [0, 0.05) is 26.7 Å². The minimum atomic E-state index is -1.39. The molecule has 69 heavy (non-hydrogen) atoms. The summed E-state index contributed by atoms with van der Waals surface area (Å²) in [5.41, 5.74) is 3.58. The number of halogens is 1.